The fraction of sp³-hybridized carbons (Fsp3) is 0.381. The number of hydrogen-bond donors (Lipinski definition) is 1. The summed E-state index contributed by atoms with van der Waals surface area (Å²) in [6, 6.07) is 12.1. The average molecular weight is 423 g/mol. The van der Waals surface area contributed by atoms with Crippen molar-refractivity contribution in [1.29, 1.82) is 0 Å². The summed E-state index contributed by atoms with van der Waals surface area (Å²) in [5.74, 6) is -0.320. The summed E-state index contributed by atoms with van der Waals surface area (Å²) in [5.41, 5.74) is 3.67. The average Bonchev–Trinajstić information content (AvgIpc) is 2.62. The van der Waals surface area contributed by atoms with Gasteiger partial charge in [-0.3, -0.25) is 9.10 Å². The van der Waals surface area contributed by atoms with Crippen molar-refractivity contribution >= 4 is 33.2 Å². The molecule has 0 saturated heterocycles. The molecule has 1 amide bonds. The highest BCUT2D eigenvalue weighted by atomic mass is 35.5. The zero-order valence-corrected chi connectivity index (χ0v) is 18.3. The molecule has 2 aromatic rings. The summed E-state index contributed by atoms with van der Waals surface area (Å²) in [4.78, 5) is 12.6. The first-order valence-electron chi connectivity index (χ1n) is 9.18. The smallest absolute Gasteiger partial charge is 0.243 e. The van der Waals surface area contributed by atoms with E-state index in [0.717, 1.165) is 35.8 Å². The topological polar surface area (TPSA) is 66.5 Å². The van der Waals surface area contributed by atoms with E-state index in [1.54, 1.807) is 19.1 Å². The van der Waals surface area contributed by atoms with Gasteiger partial charge < -0.3 is 5.32 Å². The van der Waals surface area contributed by atoms with Gasteiger partial charge in [0.25, 0.3) is 0 Å². The second-order valence-electron chi connectivity index (χ2n) is 7.02. The van der Waals surface area contributed by atoms with Crippen molar-refractivity contribution in [3.8, 4) is 0 Å². The quantitative estimate of drug-likeness (QED) is 0.657. The summed E-state index contributed by atoms with van der Waals surface area (Å²) in [5, 5.41) is 3.53. The van der Waals surface area contributed by atoms with Crippen molar-refractivity contribution in [2.45, 2.75) is 39.7 Å². The highest BCUT2D eigenvalue weighted by Gasteiger charge is 2.29. The van der Waals surface area contributed by atoms with Gasteiger partial charge in [-0.05, 0) is 74.6 Å². The number of hydrogen-bond acceptors (Lipinski definition) is 3. The summed E-state index contributed by atoms with van der Waals surface area (Å²) < 4.78 is 25.9. The largest absolute Gasteiger partial charge is 0.354 e. The molecule has 152 valence electrons. The molecule has 2 rings (SSSR count). The summed E-state index contributed by atoms with van der Waals surface area (Å²) in [6.45, 7) is 5.95. The van der Waals surface area contributed by atoms with Crippen LogP contribution in [0.25, 0.3) is 0 Å². The Bertz CT molecular complexity index is 927. The Morgan fingerprint density at radius 3 is 2.32 bits per heavy atom. The van der Waals surface area contributed by atoms with Gasteiger partial charge in [-0.2, -0.15) is 0 Å². The van der Waals surface area contributed by atoms with E-state index in [2.05, 4.69) is 5.32 Å². The van der Waals surface area contributed by atoms with Crippen LogP contribution in [-0.4, -0.2) is 33.2 Å². The van der Waals surface area contributed by atoms with Gasteiger partial charge in [-0.15, -0.1) is 0 Å². The third kappa shape index (κ3) is 5.97. The van der Waals surface area contributed by atoms with Crippen molar-refractivity contribution < 1.29 is 13.2 Å². The zero-order valence-electron chi connectivity index (χ0n) is 16.7. The second-order valence-corrected chi connectivity index (χ2v) is 9.32. The Balaban J connectivity index is 2.01. The van der Waals surface area contributed by atoms with E-state index in [-0.39, 0.29) is 5.91 Å². The number of carbonyl (C=O) groups excluding carboxylic acids is 1. The molecule has 0 radical (unpaired) electrons. The summed E-state index contributed by atoms with van der Waals surface area (Å²) in [7, 11) is -3.61. The maximum Gasteiger partial charge on any atom is 0.243 e. The molecule has 0 aromatic heterocycles. The number of benzene rings is 2. The normalized spacial score (nSPS) is 12.5. The molecule has 0 aliphatic carbocycles. The van der Waals surface area contributed by atoms with Crippen LogP contribution in [-0.2, 0) is 21.2 Å². The highest BCUT2D eigenvalue weighted by Crippen LogP contribution is 2.23. The van der Waals surface area contributed by atoms with E-state index in [0.29, 0.717) is 17.3 Å². The first kappa shape index (κ1) is 22.2. The molecule has 2 aromatic carbocycles. The van der Waals surface area contributed by atoms with Crippen LogP contribution >= 0.6 is 11.6 Å². The molecular weight excluding hydrogens is 396 g/mol. The molecule has 0 fully saturated rings. The molecule has 0 spiro atoms. The maximum atomic E-state index is 12.6. The molecule has 5 nitrogen and oxygen atoms in total. The lowest BCUT2D eigenvalue weighted by atomic mass is 10.1. The Hall–Kier alpha value is -2.05. The van der Waals surface area contributed by atoms with E-state index in [1.807, 2.05) is 44.2 Å². The number of sulfonamides is 1. The Kier molecular flexibility index (Phi) is 7.49. The van der Waals surface area contributed by atoms with Crippen LogP contribution in [0.5, 0.6) is 0 Å². The predicted octanol–water partition coefficient (Wildman–Crippen LogP) is 3.86. The van der Waals surface area contributed by atoms with Crippen LogP contribution in [0.3, 0.4) is 0 Å². The van der Waals surface area contributed by atoms with Crippen LogP contribution in [0.2, 0.25) is 5.02 Å². The summed E-state index contributed by atoms with van der Waals surface area (Å²) in [6.07, 6.45) is 2.67. The van der Waals surface area contributed by atoms with Gasteiger partial charge in [0.05, 0.1) is 11.9 Å². The van der Waals surface area contributed by atoms with Gasteiger partial charge in [0, 0.05) is 11.6 Å². The minimum atomic E-state index is -3.61. The standard InChI is InChI=1S/C21H27ClN2O3S/c1-15-7-12-20(14-16(15)2)24(28(4,26)27)17(3)21(25)23-13-5-6-18-8-10-19(22)11-9-18/h7-12,14,17H,5-6,13H2,1-4H3,(H,23,25)/t17-/m1/s1. The monoisotopic (exact) mass is 422 g/mol. The highest BCUT2D eigenvalue weighted by molar-refractivity contribution is 7.92. The van der Waals surface area contributed by atoms with Gasteiger partial charge in [0.2, 0.25) is 15.9 Å². The number of aryl methyl sites for hydroxylation is 3. The molecule has 0 unspecified atom stereocenters. The third-order valence-electron chi connectivity index (χ3n) is 4.69. The molecular formula is C21H27ClN2O3S. The van der Waals surface area contributed by atoms with Crippen molar-refractivity contribution in [2.24, 2.45) is 0 Å². The van der Waals surface area contributed by atoms with Gasteiger partial charge in [0.15, 0.2) is 0 Å². The van der Waals surface area contributed by atoms with Crippen molar-refractivity contribution in [3.63, 3.8) is 0 Å². The van der Waals surface area contributed by atoms with E-state index >= 15 is 0 Å². The van der Waals surface area contributed by atoms with E-state index in [9.17, 15) is 13.2 Å². The molecule has 7 heteroatoms. The van der Waals surface area contributed by atoms with Crippen LogP contribution in [0.4, 0.5) is 5.69 Å². The number of carbonyl (C=O) groups is 1. The number of halogens is 1. The number of amides is 1. The second kappa shape index (κ2) is 9.43. The molecule has 1 atom stereocenters. The lowest BCUT2D eigenvalue weighted by molar-refractivity contribution is -0.121. The SMILES string of the molecule is Cc1ccc(N([C@H](C)C(=O)NCCCc2ccc(Cl)cc2)S(C)(=O)=O)cc1C. The molecule has 0 saturated carbocycles. The van der Waals surface area contributed by atoms with Crippen LogP contribution in [0.15, 0.2) is 42.5 Å². The first-order chi connectivity index (χ1) is 13.1. The third-order valence-corrected chi connectivity index (χ3v) is 6.18. The van der Waals surface area contributed by atoms with E-state index < -0.39 is 16.1 Å². The number of anilines is 1. The van der Waals surface area contributed by atoms with Crippen LogP contribution < -0.4 is 9.62 Å². The van der Waals surface area contributed by atoms with Crippen molar-refractivity contribution in [3.05, 3.63) is 64.2 Å². The van der Waals surface area contributed by atoms with E-state index in [1.165, 1.54) is 4.31 Å². The molecule has 0 aliphatic rings. The zero-order chi connectivity index (χ0) is 20.9. The minimum absolute atomic E-state index is 0.320. The predicted molar refractivity (Wildman–Crippen MR) is 115 cm³/mol. The van der Waals surface area contributed by atoms with Crippen LogP contribution in [0.1, 0.15) is 30.0 Å². The molecule has 0 bridgehead atoms. The van der Waals surface area contributed by atoms with E-state index in [4.69, 9.17) is 11.6 Å². The fourth-order valence-electron chi connectivity index (χ4n) is 2.97. The molecule has 0 aliphatic heterocycles. The molecule has 0 heterocycles. The fourth-order valence-corrected chi connectivity index (χ4v) is 4.27. The minimum Gasteiger partial charge on any atom is -0.354 e. The number of nitrogens with one attached hydrogen (secondary N) is 1. The Morgan fingerprint density at radius 2 is 1.75 bits per heavy atom. The van der Waals surface area contributed by atoms with Crippen molar-refractivity contribution in [1.82, 2.24) is 5.32 Å². The maximum absolute atomic E-state index is 12.6. The number of nitrogens with zero attached hydrogens (tertiary/aromatic N) is 1. The van der Waals surface area contributed by atoms with Gasteiger partial charge >= 0.3 is 0 Å². The Labute approximate surface area is 172 Å². The first-order valence-corrected chi connectivity index (χ1v) is 11.4. The molecule has 1 N–H and O–H groups in total. The van der Waals surface area contributed by atoms with Gasteiger partial charge in [0.1, 0.15) is 6.04 Å². The Morgan fingerprint density at radius 1 is 1.11 bits per heavy atom. The van der Waals surface area contributed by atoms with Gasteiger partial charge in [-0.1, -0.05) is 29.8 Å². The lowest BCUT2D eigenvalue weighted by Crippen LogP contribution is -2.48. The van der Waals surface area contributed by atoms with Gasteiger partial charge in [-0.25, -0.2) is 8.42 Å². The number of rotatable bonds is 8. The van der Waals surface area contributed by atoms with Crippen LogP contribution in [0, 0.1) is 13.8 Å². The summed E-state index contributed by atoms with van der Waals surface area (Å²) >= 11 is 5.87. The van der Waals surface area contributed by atoms with Crippen molar-refractivity contribution in [2.75, 3.05) is 17.1 Å². The molecule has 28 heavy (non-hydrogen) atoms. The lowest BCUT2D eigenvalue weighted by Gasteiger charge is -2.28.